The summed E-state index contributed by atoms with van der Waals surface area (Å²) in [6.45, 7) is 5.78. The number of hydrogen-bond donors (Lipinski definition) is 1. The molecule has 32 heavy (non-hydrogen) atoms. The molecule has 1 aromatic heterocycles. The first-order valence-corrected chi connectivity index (χ1v) is 11.9. The molecule has 1 unspecified atom stereocenters. The maximum Gasteiger partial charge on any atom is 0.251 e. The highest BCUT2D eigenvalue weighted by Crippen LogP contribution is 2.22. The molecule has 1 heterocycles. The molecule has 0 aliphatic rings. The average Bonchev–Trinajstić information content (AvgIpc) is 3.16. The lowest BCUT2D eigenvalue weighted by Crippen LogP contribution is -2.26. The van der Waals surface area contributed by atoms with Gasteiger partial charge in [-0.15, -0.1) is 0 Å². The van der Waals surface area contributed by atoms with Crippen LogP contribution in [0.15, 0.2) is 77.3 Å². The number of para-hydroxylation sites is 2. The molecule has 0 radical (unpaired) electrons. The zero-order valence-corrected chi connectivity index (χ0v) is 20.1. The number of nitrogens with zero attached hydrogens (tertiary/aromatic N) is 2. The number of hydrogen-bond acceptors (Lipinski definition) is 2. The van der Waals surface area contributed by atoms with E-state index in [-0.39, 0.29) is 5.91 Å². The van der Waals surface area contributed by atoms with E-state index < -0.39 is 0 Å². The van der Waals surface area contributed by atoms with Crippen molar-refractivity contribution in [2.45, 2.75) is 39.2 Å². The van der Waals surface area contributed by atoms with Crippen LogP contribution in [0.2, 0.25) is 0 Å². The Balaban J connectivity index is 1.50. The van der Waals surface area contributed by atoms with Gasteiger partial charge >= 0.3 is 0 Å². The quantitative estimate of drug-likeness (QED) is 0.314. The van der Waals surface area contributed by atoms with Crippen LogP contribution in [-0.4, -0.2) is 22.0 Å². The van der Waals surface area contributed by atoms with E-state index in [1.165, 1.54) is 11.1 Å². The third kappa shape index (κ3) is 5.10. The number of rotatable bonds is 8. The summed E-state index contributed by atoms with van der Waals surface area (Å²) in [5.41, 5.74) is 5.39. The van der Waals surface area contributed by atoms with E-state index in [1.54, 1.807) is 0 Å². The highest BCUT2D eigenvalue weighted by Gasteiger charge is 2.12. The van der Waals surface area contributed by atoms with E-state index in [0.29, 0.717) is 24.4 Å². The van der Waals surface area contributed by atoms with Crippen molar-refractivity contribution < 1.29 is 4.79 Å². The molecule has 3 aromatic carbocycles. The molecule has 0 saturated carbocycles. The molecular formula is C27H28BrN3O. The van der Waals surface area contributed by atoms with Gasteiger partial charge in [0.25, 0.3) is 5.91 Å². The number of amides is 1. The van der Waals surface area contributed by atoms with Gasteiger partial charge in [0.1, 0.15) is 5.82 Å². The van der Waals surface area contributed by atoms with Crippen molar-refractivity contribution in [1.82, 2.24) is 14.9 Å². The Morgan fingerprint density at radius 2 is 1.75 bits per heavy atom. The molecule has 4 aromatic rings. The van der Waals surface area contributed by atoms with Gasteiger partial charge in [-0.1, -0.05) is 66.2 Å². The predicted octanol–water partition coefficient (Wildman–Crippen LogP) is 6.33. The van der Waals surface area contributed by atoms with E-state index >= 15 is 0 Å². The minimum absolute atomic E-state index is 0.0687. The fourth-order valence-electron chi connectivity index (χ4n) is 3.85. The van der Waals surface area contributed by atoms with E-state index in [0.717, 1.165) is 34.3 Å². The van der Waals surface area contributed by atoms with Crippen molar-refractivity contribution in [2.24, 2.45) is 0 Å². The van der Waals surface area contributed by atoms with Crippen molar-refractivity contribution >= 4 is 32.9 Å². The Morgan fingerprint density at radius 3 is 2.47 bits per heavy atom. The van der Waals surface area contributed by atoms with Crippen molar-refractivity contribution in [2.75, 3.05) is 6.54 Å². The fourth-order valence-corrected chi connectivity index (χ4v) is 4.12. The number of benzene rings is 3. The third-order valence-electron chi connectivity index (χ3n) is 5.98. The summed E-state index contributed by atoms with van der Waals surface area (Å²) >= 11 is 3.40. The molecule has 1 amide bonds. The smallest absolute Gasteiger partial charge is 0.251 e. The normalized spacial score (nSPS) is 12.1. The molecule has 4 rings (SSSR count). The number of fused-ring (bicyclic) bond motifs is 1. The van der Waals surface area contributed by atoms with E-state index in [1.807, 2.05) is 42.5 Å². The summed E-state index contributed by atoms with van der Waals surface area (Å²) in [6, 6.07) is 24.5. The minimum Gasteiger partial charge on any atom is -0.352 e. The zero-order valence-electron chi connectivity index (χ0n) is 18.5. The number of aromatic nitrogens is 2. The minimum atomic E-state index is -0.0687. The number of carbonyl (C=O) groups excluding carboxylic acids is 1. The van der Waals surface area contributed by atoms with Crippen LogP contribution in [-0.2, 0) is 13.0 Å². The van der Waals surface area contributed by atoms with E-state index in [4.69, 9.17) is 4.98 Å². The summed E-state index contributed by atoms with van der Waals surface area (Å²) in [5.74, 6) is 1.48. The van der Waals surface area contributed by atoms with Gasteiger partial charge in [-0.2, -0.15) is 0 Å². The molecule has 0 saturated heterocycles. The lowest BCUT2D eigenvalue weighted by molar-refractivity contribution is 0.0954. The fraction of sp³-hybridized carbons (Fsp3) is 0.259. The topological polar surface area (TPSA) is 46.9 Å². The first kappa shape index (κ1) is 22.3. The second kappa shape index (κ2) is 10.1. The summed E-state index contributed by atoms with van der Waals surface area (Å²) in [4.78, 5) is 17.3. The van der Waals surface area contributed by atoms with Crippen molar-refractivity contribution in [3.63, 3.8) is 0 Å². The van der Waals surface area contributed by atoms with Gasteiger partial charge < -0.3 is 9.88 Å². The van der Waals surface area contributed by atoms with Gasteiger partial charge in [-0.25, -0.2) is 4.98 Å². The summed E-state index contributed by atoms with van der Waals surface area (Å²) in [6.07, 6.45) is 1.81. The van der Waals surface area contributed by atoms with Crippen LogP contribution >= 0.6 is 15.9 Å². The van der Waals surface area contributed by atoms with Crippen molar-refractivity contribution in [3.8, 4) is 0 Å². The van der Waals surface area contributed by atoms with Crippen molar-refractivity contribution in [1.29, 1.82) is 0 Å². The molecule has 0 spiro atoms. The summed E-state index contributed by atoms with van der Waals surface area (Å²) in [5, 5.41) is 3.02. The average molecular weight is 490 g/mol. The lowest BCUT2D eigenvalue weighted by Gasteiger charge is -2.13. The SMILES string of the molecule is CCC(C)c1ccc(Cn2c(CCNC(=O)c3ccc(Br)cc3)nc3ccccc32)cc1. The van der Waals surface area contributed by atoms with E-state index in [2.05, 4.69) is 70.0 Å². The molecule has 4 nitrogen and oxygen atoms in total. The summed E-state index contributed by atoms with van der Waals surface area (Å²) in [7, 11) is 0. The predicted molar refractivity (Wildman–Crippen MR) is 134 cm³/mol. The Kier molecular flexibility index (Phi) is 7.05. The zero-order chi connectivity index (χ0) is 22.5. The van der Waals surface area contributed by atoms with Gasteiger partial charge in [-0.3, -0.25) is 4.79 Å². The van der Waals surface area contributed by atoms with Crippen LogP contribution < -0.4 is 5.32 Å². The number of nitrogens with one attached hydrogen (secondary N) is 1. The monoisotopic (exact) mass is 489 g/mol. The maximum absolute atomic E-state index is 12.5. The Morgan fingerprint density at radius 1 is 1.03 bits per heavy atom. The van der Waals surface area contributed by atoms with Gasteiger partial charge in [0.05, 0.1) is 11.0 Å². The van der Waals surface area contributed by atoms with Crippen LogP contribution in [0.3, 0.4) is 0 Å². The highest BCUT2D eigenvalue weighted by molar-refractivity contribution is 9.10. The molecule has 0 fully saturated rings. The molecule has 1 atom stereocenters. The third-order valence-corrected chi connectivity index (χ3v) is 6.50. The Labute approximate surface area is 197 Å². The van der Waals surface area contributed by atoms with Gasteiger partial charge in [0.2, 0.25) is 0 Å². The first-order chi connectivity index (χ1) is 15.5. The maximum atomic E-state index is 12.5. The van der Waals surface area contributed by atoms with E-state index in [9.17, 15) is 4.79 Å². The molecular weight excluding hydrogens is 462 g/mol. The van der Waals surface area contributed by atoms with Crippen LogP contribution in [0.25, 0.3) is 11.0 Å². The van der Waals surface area contributed by atoms with Crippen LogP contribution in [0.5, 0.6) is 0 Å². The molecule has 0 bridgehead atoms. The number of carbonyl (C=O) groups is 1. The Hall–Kier alpha value is -2.92. The second-order valence-corrected chi connectivity index (χ2v) is 9.08. The first-order valence-electron chi connectivity index (χ1n) is 11.1. The van der Waals surface area contributed by atoms with Crippen molar-refractivity contribution in [3.05, 3.63) is 99.8 Å². The van der Waals surface area contributed by atoms with Gasteiger partial charge in [0.15, 0.2) is 0 Å². The molecule has 164 valence electrons. The van der Waals surface area contributed by atoms with Crippen LogP contribution in [0, 0.1) is 0 Å². The number of halogens is 1. The molecule has 0 aliphatic heterocycles. The summed E-state index contributed by atoms with van der Waals surface area (Å²) < 4.78 is 3.22. The standard InChI is InChI=1S/C27H28BrN3O/c1-3-19(2)21-10-8-20(9-11-21)18-31-25-7-5-4-6-24(25)30-26(31)16-17-29-27(32)22-12-14-23(28)15-13-22/h4-15,19H,3,16-18H2,1-2H3,(H,29,32). The van der Waals surface area contributed by atoms with Gasteiger partial charge in [0, 0.05) is 29.5 Å². The number of imidazole rings is 1. The molecule has 5 heteroatoms. The highest BCUT2D eigenvalue weighted by atomic mass is 79.9. The van der Waals surface area contributed by atoms with Crippen LogP contribution in [0.1, 0.15) is 53.5 Å². The molecule has 0 aliphatic carbocycles. The van der Waals surface area contributed by atoms with Gasteiger partial charge in [-0.05, 0) is 59.9 Å². The van der Waals surface area contributed by atoms with Crippen LogP contribution in [0.4, 0.5) is 0 Å². The Bertz CT molecular complexity index is 1200. The largest absolute Gasteiger partial charge is 0.352 e. The lowest BCUT2D eigenvalue weighted by atomic mass is 9.98. The molecule has 1 N–H and O–H groups in total. The second-order valence-electron chi connectivity index (χ2n) is 8.17.